The van der Waals surface area contributed by atoms with Crippen LogP contribution in [0.3, 0.4) is 0 Å². The molecule has 0 heterocycles. The topological polar surface area (TPSA) is 219 Å². The van der Waals surface area contributed by atoms with Gasteiger partial charge in [-0.05, 0) is 25.7 Å². The van der Waals surface area contributed by atoms with Crippen LogP contribution in [0.25, 0.3) is 0 Å². The van der Waals surface area contributed by atoms with Gasteiger partial charge in [-0.15, -0.1) is 0 Å². The molecule has 0 fully saturated rings. The molecule has 12 nitrogen and oxygen atoms in total. The molecule has 16 heteroatoms. The second kappa shape index (κ2) is 19.5. The van der Waals surface area contributed by atoms with Crippen molar-refractivity contribution in [2.75, 3.05) is 0 Å². The summed E-state index contributed by atoms with van der Waals surface area (Å²) in [5.41, 5.74) is 0. The standard InChI is InChI=1S/C12H16N2O10.4Li/c15-7(16)3-1-5(11(21)22)13-9(19)10(20)14-6(12(23)24)2-4-8(17)18;;;;/h5-6H,1-4H2,(H,13,19)(H,14,20)(H,15,16)(H,17,18)(H,21,22)(H,23,24);;;;/q;4*+1/p-4. The summed E-state index contributed by atoms with van der Waals surface area (Å²) in [5, 5.41) is 45.2. The zero-order valence-corrected chi connectivity index (χ0v) is 16.1. The van der Waals surface area contributed by atoms with Crippen LogP contribution in [0.4, 0.5) is 0 Å². The minimum Gasteiger partial charge on any atom is -0.550 e. The molecule has 0 aromatic heterocycles. The first-order chi connectivity index (χ1) is 11.0. The van der Waals surface area contributed by atoms with Gasteiger partial charge in [0.15, 0.2) is 0 Å². The molecular weight excluding hydrogens is 360 g/mol. The molecule has 2 unspecified atom stereocenters. The molecule has 0 aliphatic carbocycles. The average Bonchev–Trinajstić information content (AvgIpc) is 2.45. The van der Waals surface area contributed by atoms with Gasteiger partial charge < -0.3 is 50.2 Å². The van der Waals surface area contributed by atoms with Gasteiger partial charge in [0.1, 0.15) is 0 Å². The van der Waals surface area contributed by atoms with Gasteiger partial charge in [0.05, 0.1) is 24.0 Å². The Balaban J connectivity index is -0.000000441. The summed E-state index contributed by atoms with van der Waals surface area (Å²) in [6.07, 6.45) is -2.74. The number of nitrogens with one attached hydrogen (secondary N) is 2. The Morgan fingerprint density at radius 1 is 0.571 bits per heavy atom. The molecule has 2 atom stereocenters. The van der Waals surface area contributed by atoms with E-state index >= 15 is 0 Å². The number of rotatable bonds is 10. The maximum Gasteiger partial charge on any atom is 1.00 e. The van der Waals surface area contributed by atoms with Crippen LogP contribution >= 0.6 is 0 Å². The number of hydrogen-bond donors (Lipinski definition) is 2. The molecule has 0 rings (SSSR count). The quantitative estimate of drug-likeness (QED) is 0.272. The summed E-state index contributed by atoms with van der Waals surface area (Å²) in [6.45, 7) is 0. The van der Waals surface area contributed by atoms with E-state index in [1.165, 1.54) is 0 Å². The fourth-order valence-corrected chi connectivity index (χ4v) is 1.47. The molecule has 0 spiro atoms. The number of carboxylic acids is 4. The third-order valence-corrected chi connectivity index (χ3v) is 2.66. The fourth-order valence-electron chi connectivity index (χ4n) is 1.47. The van der Waals surface area contributed by atoms with Crippen molar-refractivity contribution >= 4 is 35.7 Å². The van der Waals surface area contributed by atoms with E-state index in [4.69, 9.17) is 0 Å². The van der Waals surface area contributed by atoms with Crippen molar-refractivity contribution in [3.63, 3.8) is 0 Å². The van der Waals surface area contributed by atoms with Crippen molar-refractivity contribution in [1.82, 2.24) is 10.6 Å². The van der Waals surface area contributed by atoms with E-state index in [1.54, 1.807) is 10.6 Å². The van der Waals surface area contributed by atoms with Crippen LogP contribution in [-0.2, 0) is 28.8 Å². The van der Waals surface area contributed by atoms with Gasteiger partial charge in [0.2, 0.25) is 0 Å². The van der Waals surface area contributed by atoms with Gasteiger partial charge in [0.25, 0.3) is 0 Å². The van der Waals surface area contributed by atoms with Gasteiger partial charge in [-0.3, -0.25) is 9.59 Å². The van der Waals surface area contributed by atoms with Gasteiger partial charge in [-0.2, -0.15) is 0 Å². The summed E-state index contributed by atoms with van der Waals surface area (Å²) in [4.78, 5) is 64.9. The Labute approximate surface area is 207 Å². The molecular formula is C12H12Li4N2O10. The first kappa shape index (κ1) is 37.9. The van der Waals surface area contributed by atoms with E-state index in [0.717, 1.165) is 0 Å². The van der Waals surface area contributed by atoms with Gasteiger partial charge in [-0.1, -0.05) is 0 Å². The molecule has 0 saturated carbocycles. The van der Waals surface area contributed by atoms with Gasteiger partial charge in [-0.25, -0.2) is 0 Å². The monoisotopic (exact) mass is 372 g/mol. The molecule has 0 aliphatic heterocycles. The van der Waals surface area contributed by atoms with E-state index in [2.05, 4.69) is 0 Å². The minimum atomic E-state index is -1.87. The molecule has 0 saturated heterocycles. The number of amides is 2. The number of hydrogen-bond acceptors (Lipinski definition) is 10. The van der Waals surface area contributed by atoms with Crippen LogP contribution in [0.5, 0.6) is 0 Å². The number of carboxylic acid groups (broad SMARTS) is 4. The molecule has 28 heavy (non-hydrogen) atoms. The van der Waals surface area contributed by atoms with Crippen molar-refractivity contribution < 1.29 is 125 Å². The smallest absolute Gasteiger partial charge is 0.550 e. The fraction of sp³-hybridized carbons (Fsp3) is 0.500. The van der Waals surface area contributed by atoms with Crippen molar-refractivity contribution in [2.45, 2.75) is 37.8 Å². The third kappa shape index (κ3) is 17.3. The number of carbonyl (C=O) groups excluding carboxylic acids is 6. The largest absolute Gasteiger partial charge is 1.00 e. The zero-order chi connectivity index (χ0) is 18.9. The van der Waals surface area contributed by atoms with Crippen LogP contribution in [-0.4, -0.2) is 47.8 Å². The molecule has 0 radical (unpaired) electrons. The predicted molar refractivity (Wildman–Crippen MR) is 62.4 cm³/mol. The Bertz CT molecular complexity index is 513. The summed E-state index contributed by atoms with van der Waals surface area (Å²) in [5.74, 6) is -10.1. The second-order valence-electron chi connectivity index (χ2n) is 4.51. The average molecular weight is 372 g/mol. The van der Waals surface area contributed by atoms with Crippen LogP contribution in [0.15, 0.2) is 0 Å². The number of aliphatic carboxylic acids is 4. The minimum absolute atomic E-state index is 0. The molecule has 2 N–H and O–H groups in total. The first-order valence-electron chi connectivity index (χ1n) is 6.47. The molecule has 0 bridgehead atoms. The van der Waals surface area contributed by atoms with Crippen LogP contribution < -0.4 is 107 Å². The zero-order valence-electron chi connectivity index (χ0n) is 16.1. The van der Waals surface area contributed by atoms with Crippen LogP contribution in [0.2, 0.25) is 0 Å². The second-order valence-corrected chi connectivity index (χ2v) is 4.51. The molecule has 2 amide bonds. The third-order valence-electron chi connectivity index (χ3n) is 2.66. The summed E-state index contributed by atoms with van der Waals surface area (Å²) in [7, 11) is 0. The van der Waals surface area contributed by atoms with E-state index in [-0.39, 0.29) is 75.4 Å². The molecule has 134 valence electrons. The van der Waals surface area contributed by atoms with Crippen molar-refractivity contribution in [3.8, 4) is 0 Å². The van der Waals surface area contributed by atoms with E-state index in [0.29, 0.717) is 0 Å². The Morgan fingerprint density at radius 3 is 1.00 bits per heavy atom. The van der Waals surface area contributed by atoms with Crippen LogP contribution in [0.1, 0.15) is 25.7 Å². The Hall–Kier alpha value is -0.790. The van der Waals surface area contributed by atoms with Gasteiger partial charge in [0, 0.05) is 11.9 Å². The normalized spacial score (nSPS) is 10.7. The Morgan fingerprint density at radius 2 is 0.821 bits per heavy atom. The predicted octanol–water partition coefficient (Wildman–Crippen LogP) is -19.5. The van der Waals surface area contributed by atoms with Crippen molar-refractivity contribution in [3.05, 3.63) is 0 Å². The van der Waals surface area contributed by atoms with Crippen LogP contribution in [0, 0.1) is 0 Å². The summed E-state index contributed by atoms with van der Waals surface area (Å²) in [6, 6.07) is -3.66. The van der Waals surface area contributed by atoms with E-state index in [9.17, 15) is 49.2 Å². The summed E-state index contributed by atoms with van der Waals surface area (Å²) < 4.78 is 0. The van der Waals surface area contributed by atoms with Crippen molar-refractivity contribution in [1.29, 1.82) is 0 Å². The Kier molecular flexibility index (Phi) is 26.4. The van der Waals surface area contributed by atoms with E-state index in [1.807, 2.05) is 0 Å². The maximum absolute atomic E-state index is 11.5. The number of carbonyl (C=O) groups is 6. The SMILES string of the molecule is O=C([O-])CCC(NC(=O)C(=O)NC(CCC(=O)[O-])C(=O)[O-])C(=O)[O-].[Li+].[Li+].[Li+].[Li+]. The first-order valence-corrected chi connectivity index (χ1v) is 6.47. The maximum atomic E-state index is 11.5. The molecule has 0 aromatic rings. The molecule has 0 aromatic carbocycles. The van der Waals surface area contributed by atoms with Crippen molar-refractivity contribution in [2.24, 2.45) is 0 Å². The van der Waals surface area contributed by atoms with E-state index < -0.39 is 73.5 Å². The molecule has 0 aliphatic rings. The van der Waals surface area contributed by atoms with Gasteiger partial charge >= 0.3 is 87.3 Å². The summed E-state index contributed by atoms with van der Waals surface area (Å²) >= 11 is 0.